The Kier molecular flexibility index (Phi) is 5.76. The first-order chi connectivity index (χ1) is 8.40. The molecule has 0 radical (unpaired) electrons. The van der Waals surface area contributed by atoms with Gasteiger partial charge in [-0.05, 0) is 6.07 Å². The van der Waals surface area contributed by atoms with E-state index in [0.717, 1.165) is 48.7 Å². The van der Waals surface area contributed by atoms with E-state index in [-0.39, 0.29) is 0 Å². The van der Waals surface area contributed by atoms with E-state index in [4.69, 9.17) is 0 Å². The van der Waals surface area contributed by atoms with Gasteiger partial charge in [-0.15, -0.1) is 23.4 Å². The molecular weight excluding hydrogens is 272 g/mol. The molecule has 17 heavy (non-hydrogen) atoms. The lowest BCUT2D eigenvalue weighted by atomic mass is 10.4. The standard InChI is InChI=1S/C10H16N4S3/c15-17-8-7-16-9-1-2-12-10(13-9)14-5-3-11-4-6-14/h1-2,11,15H,3-8H2. The second-order valence-electron chi connectivity index (χ2n) is 3.61. The molecule has 1 aliphatic rings. The quantitative estimate of drug-likeness (QED) is 0.282. The van der Waals surface area contributed by atoms with Crippen molar-refractivity contribution in [3.8, 4) is 0 Å². The first-order valence-electron chi connectivity index (χ1n) is 5.58. The van der Waals surface area contributed by atoms with Gasteiger partial charge in [-0.1, -0.05) is 10.8 Å². The second kappa shape index (κ2) is 7.35. The third-order valence-corrected chi connectivity index (χ3v) is 4.57. The summed E-state index contributed by atoms with van der Waals surface area (Å²) in [6, 6.07) is 1.97. The summed E-state index contributed by atoms with van der Waals surface area (Å²) in [4.78, 5) is 11.2. The van der Waals surface area contributed by atoms with Crippen molar-refractivity contribution in [3.05, 3.63) is 12.3 Å². The van der Waals surface area contributed by atoms with Crippen LogP contribution in [0.15, 0.2) is 17.3 Å². The number of rotatable bonds is 5. The van der Waals surface area contributed by atoms with E-state index in [1.165, 1.54) is 0 Å². The zero-order chi connectivity index (χ0) is 11.9. The van der Waals surface area contributed by atoms with Gasteiger partial charge in [0.25, 0.3) is 0 Å². The summed E-state index contributed by atoms with van der Waals surface area (Å²) in [5, 5.41) is 4.38. The van der Waals surface area contributed by atoms with Crippen molar-refractivity contribution in [1.82, 2.24) is 15.3 Å². The molecule has 2 heterocycles. The number of nitrogens with one attached hydrogen (secondary N) is 1. The maximum Gasteiger partial charge on any atom is 0.226 e. The lowest BCUT2D eigenvalue weighted by Crippen LogP contribution is -2.44. The number of thioether (sulfide) groups is 1. The van der Waals surface area contributed by atoms with Crippen LogP contribution in [0.25, 0.3) is 0 Å². The summed E-state index contributed by atoms with van der Waals surface area (Å²) in [5.41, 5.74) is 0. The Balaban J connectivity index is 1.95. The fourth-order valence-corrected chi connectivity index (χ4v) is 3.43. The monoisotopic (exact) mass is 288 g/mol. The number of hydrogen-bond donors (Lipinski definition) is 2. The van der Waals surface area contributed by atoms with Crippen molar-refractivity contribution in [1.29, 1.82) is 0 Å². The molecule has 1 saturated heterocycles. The van der Waals surface area contributed by atoms with Crippen LogP contribution in [0.2, 0.25) is 0 Å². The van der Waals surface area contributed by atoms with E-state index in [2.05, 4.69) is 31.8 Å². The second-order valence-corrected chi connectivity index (χ2v) is 6.17. The maximum absolute atomic E-state index is 4.58. The van der Waals surface area contributed by atoms with Crippen LogP contribution in [0.5, 0.6) is 0 Å². The van der Waals surface area contributed by atoms with Gasteiger partial charge >= 0.3 is 0 Å². The minimum Gasteiger partial charge on any atom is -0.338 e. The summed E-state index contributed by atoms with van der Waals surface area (Å²) >= 11 is 5.89. The van der Waals surface area contributed by atoms with Crippen LogP contribution in [0.4, 0.5) is 5.95 Å². The van der Waals surface area contributed by atoms with Gasteiger partial charge < -0.3 is 10.2 Å². The van der Waals surface area contributed by atoms with E-state index in [9.17, 15) is 0 Å². The molecule has 1 aromatic heterocycles. The normalized spacial score (nSPS) is 16.2. The average Bonchev–Trinajstić information content (AvgIpc) is 2.41. The molecule has 1 fully saturated rings. The van der Waals surface area contributed by atoms with E-state index >= 15 is 0 Å². The molecule has 1 aromatic rings. The summed E-state index contributed by atoms with van der Waals surface area (Å²) in [5.74, 6) is 2.92. The van der Waals surface area contributed by atoms with Crippen LogP contribution >= 0.6 is 34.2 Å². The van der Waals surface area contributed by atoms with Crippen molar-refractivity contribution in [2.45, 2.75) is 5.03 Å². The number of nitrogens with zero attached hydrogens (tertiary/aromatic N) is 3. The van der Waals surface area contributed by atoms with Crippen molar-refractivity contribution >= 4 is 40.2 Å². The molecule has 2 rings (SSSR count). The third-order valence-electron chi connectivity index (χ3n) is 2.44. The van der Waals surface area contributed by atoms with Crippen LogP contribution in [0.1, 0.15) is 0 Å². The predicted octanol–water partition coefficient (Wildman–Crippen LogP) is 1.56. The number of piperazine rings is 1. The van der Waals surface area contributed by atoms with Crippen molar-refractivity contribution in [3.63, 3.8) is 0 Å². The fourth-order valence-electron chi connectivity index (χ4n) is 1.61. The first kappa shape index (κ1) is 13.3. The van der Waals surface area contributed by atoms with E-state index in [1.54, 1.807) is 22.6 Å². The van der Waals surface area contributed by atoms with Gasteiger partial charge in [0.2, 0.25) is 5.95 Å². The van der Waals surface area contributed by atoms with Gasteiger partial charge in [0.15, 0.2) is 0 Å². The molecule has 0 unspecified atom stereocenters. The van der Waals surface area contributed by atoms with Gasteiger partial charge in [0, 0.05) is 43.9 Å². The highest BCUT2D eigenvalue weighted by atomic mass is 33.1. The van der Waals surface area contributed by atoms with Crippen LogP contribution in [0, 0.1) is 0 Å². The molecule has 0 saturated carbocycles. The number of thiol groups is 1. The summed E-state index contributed by atoms with van der Waals surface area (Å²) < 4.78 is 0. The van der Waals surface area contributed by atoms with Crippen LogP contribution in [-0.4, -0.2) is 47.7 Å². The SMILES string of the molecule is SSCCSc1ccnc(N2CCNCC2)n1. The highest BCUT2D eigenvalue weighted by Crippen LogP contribution is 2.19. The highest BCUT2D eigenvalue weighted by Gasteiger charge is 2.13. The van der Waals surface area contributed by atoms with E-state index in [1.807, 2.05) is 12.3 Å². The Morgan fingerprint density at radius 1 is 1.35 bits per heavy atom. The van der Waals surface area contributed by atoms with Crippen LogP contribution < -0.4 is 10.2 Å². The molecule has 0 atom stereocenters. The summed E-state index contributed by atoms with van der Waals surface area (Å²) in [6.07, 6.45) is 1.85. The van der Waals surface area contributed by atoms with Crippen LogP contribution in [-0.2, 0) is 0 Å². The minimum atomic E-state index is 0.857. The molecule has 0 amide bonds. The Bertz CT molecular complexity index is 344. The molecule has 0 bridgehead atoms. The lowest BCUT2D eigenvalue weighted by Gasteiger charge is -2.27. The predicted molar refractivity (Wildman–Crippen MR) is 79.3 cm³/mol. The Labute approximate surface area is 115 Å². The molecule has 0 aromatic carbocycles. The van der Waals surface area contributed by atoms with Crippen molar-refractivity contribution < 1.29 is 0 Å². The average molecular weight is 288 g/mol. The topological polar surface area (TPSA) is 41.1 Å². The van der Waals surface area contributed by atoms with Crippen LogP contribution in [0.3, 0.4) is 0 Å². The number of anilines is 1. The van der Waals surface area contributed by atoms with E-state index in [0.29, 0.717) is 0 Å². The largest absolute Gasteiger partial charge is 0.338 e. The minimum absolute atomic E-state index is 0.857. The Morgan fingerprint density at radius 3 is 2.94 bits per heavy atom. The van der Waals surface area contributed by atoms with Gasteiger partial charge in [-0.3, -0.25) is 0 Å². The van der Waals surface area contributed by atoms with Crippen molar-refractivity contribution in [2.75, 3.05) is 42.6 Å². The molecular formula is C10H16N4S3. The number of hydrogen-bond acceptors (Lipinski definition) is 7. The van der Waals surface area contributed by atoms with E-state index < -0.39 is 0 Å². The molecule has 94 valence electrons. The molecule has 1 N–H and O–H groups in total. The molecule has 0 spiro atoms. The van der Waals surface area contributed by atoms with Gasteiger partial charge in [-0.25, -0.2) is 9.97 Å². The Hall–Kier alpha value is -0.110. The molecule has 7 heteroatoms. The lowest BCUT2D eigenvalue weighted by molar-refractivity contribution is 0.578. The van der Waals surface area contributed by atoms with Gasteiger partial charge in [0.1, 0.15) is 5.03 Å². The van der Waals surface area contributed by atoms with Gasteiger partial charge in [0.05, 0.1) is 0 Å². The highest BCUT2D eigenvalue weighted by molar-refractivity contribution is 8.68. The first-order valence-corrected chi connectivity index (χ1v) is 8.60. The smallest absolute Gasteiger partial charge is 0.226 e. The molecule has 0 aliphatic carbocycles. The van der Waals surface area contributed by atoms with Gasteiger partial charge in [-0.2, -0.15) is 0 Å². The maximum atomic E-state index is 4.58. The zero-order valence-corrected chi connectivity index (χ0v) is 12.0. The molecule has 4 nitrogen and oxygen atoms in total. The van der Waals surface area contributed by atoms with Crippen molar-refractivity contribution in [2.24, 2.45) is 0 Å². The zero-order valence-electron chi connectivity index (χ0n) is 9.50. The molecule has 1 aliphatic heterocycles. The third kappa shape index (κ3) is 4.24. The fraction of sp³-hybridized carbons (Fsp3) is 0.600. The summed E-state index contributed by atoms with van der Waals surface area (Å²) in [6.45, 7) is 4.00. The Morgan fingerprint density at radius 2 is 2.18 bits per heavy atom. The summed E-state index contributed by atoms with van der Waals surface area (Å²) in [7, 11) is 1.56. The number of aromatic nitrogens is 2.